The monoisotopic (exact) mass is 531 g/mol. The molecule has 1 heterocycles. The average Bonchev–Trinajstić information content (AvgIpc) is 3.27. The number of nitrogens with zero attached hydrogens (tertiary/aromatic N) is 3. The van der Waals surface area contributed by atoms with E-state index in [2.05, 4.69) is 4.99 Å². The summed E-state index contributed by atoms with van der Waals surface area (Å²) in [6, 6.07) is 35.3. The van der Waals surface area contributed by atoms with Gasteiger partial charge in [-0.1, -0.05) is 91.0 Å². The van der Waals surface area contributed by atoms with Crippen molar-refractivity contribution in [2.24, 2.45) is 4.99 Å². The number of methoxy groups -OCH3 is 1. The Morgan fingerprint density at radius 1 is 0.825 bits per heavy atom. The lowest BCUT2D eigenvalue weighted by Crippen LogP contribution is -2.37. The van der Waals surface area contributed by atoms with Gasteiger partial charge in [0.15, 0.2) is 0 Å². The molecule has 2 amide bonds. The van der Waals surface area contributed by atoms with Crippen LogP contribution in [0.15, 0.2) is 126 Å². The number of ether oxygens (including phenoxy) is 2. The Hall–Kier alpha value is -5.17. The summed E-state index contributed by atoms with van der Waals surface area (Å²) in [5, 5.41) is 0. The van der Waals surface area contributed by atoms with Crippen molar-refractivity contribution < 1.29 is 19.1 Å². The number of aliphatic imine (C=N–C) groups is 1. The summed E-state index contributed by atoms with van der Waals surface area (Å²) in [5.41, 5.74) is 3.69. The number of benzene rings is 4. The Bertz CT molecular complexity index is 1520. The Labute approximate surface area is 233 Å². The van der Waals surface area contributed by atoms with E-state index in [0.717, 1.165) is 16.7 Å². The van der Waals surface area contributed by atoms with Crippen molar-refractivity contribution in [3.8, 4) is 5.75 Å². The largest absolute Gasteiger partial charge is 0.497 e. The summed E-state index contributed by atoms with van der Waals surface area (Å²) in [6.45, 7) is 0.0776. The molecule has 0 aliphatic carbocycles. The van der Waals surface area contributed by atoms with Crippen LogP contribution in [0.3, 0.4) is 0 Å². The molecule has 200 valence electrons. The van der Waals surface area contributed by atoms with E-state index in [1.54, 1.807) is 31.4 Å². The van der Waals surface area contributed by atoms with Crippen LogP contribution in [0.25, 0.3) is 6.08 Å². The molecule has 7 nitrogen and oxygen atoms in total. The number of hydrogen-bond acceptors (Lipinski definition) is 4. The third kappa shape index (κ3) is 5.78. The van der Waals surface area contributed by atoms with E-state index in [-0.39, 0.29) is 12.6 Å². The molecule has 4 aromatic carbocycles. The summed E-state index contributed by atoms with van der Waals surface area (Å²) in [7, 11) is 3.38. The standard InChI is InChI=1S/C33H29N3O4/c1-35-30(26-16-10-5-11-17-26)29(22-24-12-6-3-7-13-24)36(33(38)40-23-25-14-8-4-9-15-25)32(35)34-31(37)27-18-20-28(39-2)21-19-27/h3-22,30H,23H2,1-2H3/b29-22-,34-32?. The highest BCUT2D eigenvalue weighted by atomic mass is 16.6. The minimum Gasteiger partial charge on any atom is -0.497 e. The van der Waals surface area contributed by atoms with Crippen LogP contribution in [0.1, 0.15) is 33.1 Å². The van der Waals surface area contributed by atoms with Gasteiger partial charge in [-0.25, -0.2) is 9.69 Å². The Kier molecular flexibility index (Phi) is 8.02. The third-order valence-corrected chi connectivity index (χ3v) is 6.60. The van der Waals surface area contributed by atoms with Crippen LogP contribution in [0.5, 0.6) is 5.75 Å². The third-order valence-electron chi connectivity index (χ3n) is 6.60. The van der Waals surface area contributed by atoms with E-state index in [1.165, 1.54) is 4.90 Å². The number of likely N-dealkylation sites (N-methyl/N-ethyl adjacent to an activating group) is 1. The van der Waals surface area contributed by atoms with E-state index in [9.17, 15) is 9.59 Å². The van der Waals surface area contributed by atoms with Crippen molar-refractivity contribution in [1.29, 1.82) is 0 Å². The number of carbonyl (C=O) groups is 2. The highest BCUT2D eigenvalue weighted by Crippen LogP contribution is 2.39. The van der Waals surface area contributed by atoms with Crippen molar-refractivity contribution in [3.05, 3.63) is 143 Å². The van der Waals surface area contributed by atoms with Crippen LogP contribution in [0, 0.1) is 0 Å². The zero-order chi connectivity index (χ0) is 27.9. The van der Waals surface area contributed by atoms with Crippen molar-refractivity contribution in [1.82, 2.24) is 9.80 Å². The summed E-state index contributed by atoms with van der Waals surface area (Å²) >= 11 is 0. The predicted octanol–water partition coefficient (Wildman–Crippen LogP) is 6.56. The van der Waals surface area contributed by atoms with Gasteiger partial charge in [-0.05, 0) is 47.0 Å². The van der Waals surface area contributed by atoms with E-state index in [1.807, 2.05) is 109 Å². The summed E-state index contributed by atoms with van der Waals surface area (Å²) < 4.78 is 11.0. The highest BCUT2D eigenvalue weighted by molar-refractivity contribution is 6.08. The van der Waals surface area contributed by atoms with Crippen LogP contribution in [-0.4, -0.2) is 41.9 Å². The van der Waals surface area contributed by atoms with Gasteiger partial charge in [0, 0.05) is 12.6 Å². The van der Waals surface area contributed by atoms with Crippen molar-refractivity contribution in [2.45, 2.75) is 12.6 Å². The maximum absolute atomic E-state index is 13.8. The minimum absolute atomic E-state index is 0.0776. The quantitative estimate of drug-likeness (QED) is 0.282. The molecule has 0 radical (unpaired) electrons. The van der Waals surface area contributed by atoms with Crippen molar-refractivity contribution in [3.63, 3.8) is 0 Å². The topological polar surface area (TPSA) is 71.4 Å². The van der Waals surface area contributed by atoms with Crippen LogP contribution < -0.4 is 4.74 Å². The number of amides is 2. The molecule has 5 rings (SSSR count). The van der Waals surface area contributed by atoms with Crippen LogP contribution in [-0.2, 0) is 11.3 Å². The molecule has 1 unspecified atom stereocenters. The van der Waals surface area contributed by atoms with Gasteiger partial charge in [-0.3, -0.25) is 4.79 Å². The maximum atomic E-state index is 13.8. The molecule has 7 heteroatoms. The fourth-order valence-electron chi connectivity index (χ4n) is 4.59. The predicted molar refractivity (Wildman–Crippen MR) is 155 cm³/mol. The zero-order valence-electron chi connectivity index (χ0n) is 22.3. The molecule has 4 aromatic rings. The molecule has 1 fully saturated rings. The van der Waals surface area contributed by atoms with Gasteiger partial charge in [-0.2, -0.15) is 4.99 Å². The second kappa shape index (κ2) is 12.1. The van der Waals surface area contributed by atoms with Crippen LogP contribution in [0.4, 0.5) is 4.79 Å². The molecule has 1 atom stereocenters. The first-order chi connectivity index (χ1) is 19.5. The van der Waals surface area contributed by atoms with Crippen LogP contribution >= 0.6 is 0 Å². The molecule has 0 spiro atoms. The van der Waals surface area contributed by atoms with Gasteiger partial charge in [0.25, 0.3) is 5.91 Å². The number of hydrogen-bond donors (Lipinski definition) is 0. The molecule has 1 aliphatic heterocycles. The first kappa shape index (κ1) is 26.4. The Morgan fingerprint density at radius 2 is 1.43 bits per heavy atom. The van der Waals surface area contributed by atoms with Gasteiger partial charge >= 0.3 is 6.09 Å². The lowest BCUT2D eigenvalue weighted by atomic mass is 10.0. The first-order valence-electron chi connectivity index (χ1n) is 12.9. The Balaban J connectivity index is 1.60. The van der Waals surface area contributed by atoms with Crippen molar-refractivity contribution >= 4 is 24.0 Å². The average molecular weight is 532 g/mol. The Morgan fingerprint density at radius 3 is 2.05 bits per heavy atom. The molecule has 1 saturated heterocycles. The van der Waals surface area contributed by atoms with E-state index in [0.29, 0.717) is 17.0 Å². The van der Waals surface area contributed by atoms with Gasteiger partial charge in [0.05, 0.1) is 18.8 Å². The van der Waals surface area contributed by atoms with Crippen molar-refractivity contribution in [2.75, 3.05) is 14.2 Å². The lowest BCUT2D eigenvalue weighted by Gasteiger charge is -2.20. The first-order valence-corrected chi connectivity index (χ1v) is 12.9. The molecular formula is C33H29N3O4. The maximum Gasteiger partial charge on any atom is 0.421 e. The molecule has 0 aromatic heterocycles. The summed E-state index contributed by atoms with van der Waals surface area (Å²) in [5.74, 6) is 0.318. The second-order valence-corrected chi connectivity index (χ2v) is 9.23. The SMILES string of the molecule is COc1ccc(C(=O)N=C2N(C(=O)OCc3ccccc3)/C(=C\c3ccccc3)C(c3ccccc3)N2C)cc1. The second-order valence-electron chi connectivity index (χ2n) is 9.23. The van der Waals surface area contributed by atoms with Gasteiger partial charge < -0.3 is 14.4 Å². The fraction of sp³-hybridized carbons (Fsp3) is 0.121. The van der Waals surface area contributed by atoms with Gasteiger partial charge in [0.1, 0.15) is 12.4 Å². The highest BCUT2D eigenvalue weighted by Gasteiger charge is 2.43. The van der Waals surface area contributed by atoms with Gasteiger partial charge in [0.2, 0.25) is 5.96 Å². The summed E-state index contributed by atoms with van der Waals surface area (Å²) in [4.78, 5) is 34.8. The molecule has 0 bridgehead atoms. The minimum atomic E-state index is -0.627. The van der Waals surface area contributed by atoms with E-state index < -0.39 is 18.0 Å². The van der Waals surface area contributed by atoms with E-state index in [4.69, 9.17) is 9.47 Å². The molecule has 0 saturated carbocycles. The van der Waals surface area contributed by atoms with Crippen LogP contribution in [0.2, 0.25) is 0 Å². The summed E-state index contributed by atoms with van der Waals surface area (Å²) in [6.07, 6.45) is 1.30. The van der Waals surface area contributed by atoms with Gasteiger partial charge in [-0.15, -0.1) is 0 Å². The number of carbonyl (C=O) groups excluding carboxylic acids is 2. The number of guanidine groups is 1. The lowest BCUT2D eigenvalue weighted by molar-refractivity contribution is 0.0999. The van der Waals surface area contributed by atoms with E-state index >= 15 is 0 Å². The molecule has 40 heavy (non-hydrogen) atoms. The fourth-order valence-corrected chi connectivity index (χ4v) is 4.59. The smallest absolute Gasteiger partial charge is 0.421 e. The zero-order valence-corrected chi connectivity index (χ0v) is 22.3. The number of rotatable bonds is 6. The molecular weight excluding hydrogens is 502 g/mol. The molecule has 0 N–H and O–H groups in total. The molecule has 1 aliphatic rings. The normalized spacial score (nSPS) is 16.8.